The van der Waals surface area contributed by atoms with Crippen LogP contribution in [-0.2, 0) is 9.53 Å². The number of methoxy groups -OCH3 is 1. The number of nitrogens with one attached hydrogen (secondary N) is 3. The van der Waals surface area contributed by atoms with Crippen LogP contribution in [0.15, 0.2) is 48.5 Å². The molecule has 29 heavy (non-hydrogen) atoms. The maximum Gasteiger partial charge on any atom is 0.251 e. The SMILES string of the molecule is COCCNC(=O)c1ccc(NC(=O)CNc2ccc(OCC(C)C)cc2)cc1. The molecule has 0 fully saturated rings. The van der Waals surface area contributed by atoms with Gasteiger partial charge >= 0.3 is 0 Å². The topological polar surface area (TPSA) is 88.7 Å². The molecule has 2 aromatic carbocycles. The highest BCUT2D eigenvalue weighted by Crippen LogP contribution is 2.16. The molecule has 3 N–H and O–H groups in total. The molecule has 0 spiro atoms. The van der Waals surface area contributed by atoms with E-state index < -0.39 is 0 Å². The van der Waals surface area contributed by atoms with Crippen LogP contribution in [0.25, 0.3) is 0 Å². The Hall–Kier alpha value is -3.06. The monoisotopic (exact) mass is 399 g/mol. The third-order valence-corrected chi connectivity index (χ3v) is 3.91. The van der Waals surface area contributed by atoms with Crippen LogP contribution >= 0.6 is 0 Å². The average Bonchev–Trinajstić information content (AvgIpc) is 2.72. The summed E-state index contributed by atoms with van der Waals surface area (Å²) in [5, 5.41) is 8.61. The minimum absolute atomic E-state index is 0.130. The van der Waals surface area contributed by atoms with E-state index in [0.29, 0.717) is 36.9 Å². The molecule has 0 saturated carbocycles. The van der Waals surface area contributed by atoms with Gasteiger partial charge in [0, 0.05) is 30.6 Å². The van der Waals surface area contributed by atoms with Gasteiger partial charge in [0.25, 0.3) is 5.91 Å². The zero-order valence-electron chi connectivity index (χ0n) is 17.2. The van der Waals surface area contributed by atoms with Crippen LogP contribution in [0.3, 0.4) is 0 Å². The minimum atomic E-state index is -0.178. The number of hydrogen-bond acceptors (Lipinski definition) is 5. The van der Waals surface area contributed by atoms with Crippen LogP contribution in [0.4, 0.5) is 11.4 Å². The Kier molecular flexibility index (Phi) is 8.98. The van der Waals surface area contributed by atoms with Gasteiger partial charge < -0.3 is 25.4 Å². The molecule has 0 bridgehead atoms. The Morgan fingerprint density at radius 3 is 2.24 bits per heavy atom. The number of hydrogen-bond donors (Lipinski definition) is 3. The molecule has 0 aromatic heterocycles. The summed E-state index contributed by atoms with van der Waals surface area (Å²) in [6.45, 7) is 5.90. The molecule has 2 amide bonds. The molecule has 0 aliphatic rings. The van der Waals surface area contributed by atoms with Crippen molar-refractivity contribution < 1.29 is 19.1 Å². The summed E-state index contributed by atoms with van der Waals surface area (Å²) in [6.07, 6.45) is 0. The van der Waals surface area contributed by atoms with Crippen molar-refractivity contribution in [3.05, 3.63) is 54.1 Å². The predicted molar refractivity (Wildman–Crippen MR) is 115 cm³/mol. The fourth-order valence-electron chi connectivity index (χ4n) is 2.39. The summed E-state index contributed by atoms with van der Waals surface area (Å²) in [5.41, 5.74) is 1.99. The molecule has 2 aromatic rings. The van der Waals surface area contributed by atoms with Crippen molar-refractivity contribution in [3.63, 3.8) is 0 Å². The first kappa shape index (κ1) is 22.2. The number of benzene rings is 2. The highest BCUT2D eigenvalue weighted by Gasteiger charge is 2.07. The lowest BCUT2D eigenvalue weighted by Gasteiger charge is -2.11. The molecule has 7 heteroatoms. The lowest BCUT2D eigenvalue weighted by molar-refractivity contribution is -0.114. The maximum absolute atomic E-state index is 12.1. The van der Waals surface area contributed by atoms with Gasteiger partial charge in [-0.15, -0.1) is 0 Å². The quantitative estimate of drug-likeness (QED) is 0.505. The van der Waals surface area contributed by atoms with E-state index in [1.165, 1.54) is 0 Å². The van der Waals surface area contributed by atoms with Crippen molar-refractivity contribution in [2.45, 2.75) is 13.8 Å². The highest BCUT2D eigenvalue weighted by atomic mass is 16.5. The summed E-state index contributed by atoms with van der Waals surface area (Å²) < 4.78 is 10.5. The third kappa shape index (κ3) is 8.23. The smallest absolute Gasteiger partial charge is 0.251 e. The molecule has 0 unspecified atom stereocenters. The molecular formula is C22H29N3O4. The number of carbonyl (C=O) groups is 2. The van der Waals surface area contributed by atoms with Gasteiger partial charge in [0.1, 0.15) is 5.75 Å². The van der Waals surface area contributed by atoms with Crippen molar-refractivity contribution in [1.82, 2.24) is 5.32 Å². The molecule has 0 radical (unpaired) electrons. The van der Waals surface area contributed by atoms with Gasteiger partial charge in [-0.25, -0.2) is 0 Å². The number of anilines is 2. The predicted octanol–water partition coefficient (Wildman–Crippen LogP) is 3.15. The van der Waals surface area contributed by atoms with Crippen molar-refractivity contribution in [1.29, 1.82) is 0 Å². The number of amides is 2. The molecule has 0 aliphatic carbocycles. The molecule has 0 atom stereocenters. The van der Waals surface area contributed by atoms with Gasteiger partial charge in [0.2, 0.25) is 5.91 Å². The second-order valence-corrected chi connectivity index (χ2v) is 6.96. The van der Waals surface area contributed by atoms with E-state index in [-0.39, 0.29) is 18.4 Å². The fraction of sp³-hybridized carbons (Fsp3) is 0.364. The highest BCUT2D eigenvalue weighted by molar-refractivity contribution is 5.96. The first-order chi connectivity index (χ1) is 14.0. The van der Waals surface area contributed by atoms with Crippen LogP contribution in [0.5, 0.6) is 5.75 Å². The Labute approximate surface area is 171 Å². The molecule has 156 valence electrons. The van der Waals surface area contributed by atoms with Gasteiger partial charge in [0.15, 0.2) is 0 Å². The van der Waals surface area contributed by atoms with E-state index in [9.17, 15) is 9.59 Å². The average molecular weight is 399 g/mol. The van der Waals surface area contributed by atoms with Crippen molar-refractivity contribution in [2.75, 3.05) is 44.0 Å². The number of rotatable bonds is 11. The van der Waals surface area contributed by atoms with E-state index in [4.69, 9.17) is 9.47 Å². The van der Waals surface area contributed by atoms with E-state index in [1.807, 2.05) is 24.3 Å². The van der Waals surface area contributed by atoms with Crippen LogP contribution in [0, 0.1) is 5.92 Å². The maximum atomic E-state index is 12.1. The van der Waals surface area contributed by atoms with Crippen LogP contribution in [0.2, 0.25) is 0 Å². The Balaban J connectivity index is 1.76. The third-order valence-electron chi connectivity index (χ3n) is 3.91. The van der Waals surface area contributed by atoms with E-state index >= 15 is 0 Å². The number of carbonyl (C=O) groups excluding carboxylic acids is 2. The summed E-state index contributed by atoms with van der Waals surface area (Å²) >= 11 is 0. The Bertz CT molecular complexity index is 774. The van der Waals surface area contributed by atoms with Gasteiger partial charge in [-0.2, -0.15) is 0 Å². The van der Waals surface area contributed by atoms with Crippen molar-refractivity contribution in [2.24, 2.45) is 5.92 Å². The van der Waals surface area contributed by atoms with Crippen LogP contribution in [-0.4, -0.2) is 45.2 Å². The van der Waals surface area contributed by atoms with Gasteiger partial charge in [0.05, 0.1) is 19.8 Å². The largest absolute Gasteiger partial charge is 0.493 e. The summed E-state index contributed by atoms with van der Waals surface area (Å²) in [4.78, 5) is 24.1. The molecule has 7 nitrogen and oxygen atoms in total. The second-order valence-electron chi connectivity index (χ2n) is 6.96. The fourth-order valence-corrected chi connectivity index (χ4v) is 2.39. The van der Waals surface area contributed by atoms with Crippen molar-refractivity contribution >= 4 is 23.2 Å². The van der Waals surface area contributed by atoms with E-state index in [1.54, 1.807) is 31.4 Å². The first-order valence-corrected chi connectivity index (χ1v) is 9.61. The van der Waals surface area contributed by atoms with Gasteiger partial charge in [-0.3, -0.25) is 9.59 Å². The zero-order chi connectivity index (χ0) is 21.1. The molecular weight excluding hydrogens is 370 g/mol. The molecule has 0 heterocycles. The van der Waals surface area contributed by atoms with Crippen LogP contribution < -0.4 is 20.7 Å². The summed E-state index contributed by atoms with van der Waals surface area (Å²) in [7, 11) is 1.58. The minimum Gasteiger partial charge on any atom is -0.493 e. The number of ether oxygens (including phenoxy) is 2. The summed E-state index contributed by atoms with van der Waals surface area (Å²) in [6, 6.07) is 14.2. The lowest BCUT2D eigenvalue weighted by atomic mass is 10.2. The van der Waals surface area contributed by atoms with E-state index in [0.717, 1.165) is 11.4 Å². The second kappa shape index (κ2) is 11.7. The molecule has 2 rings (SSSR count). The standard InChI is InChI=1S/C22H29N3O4/c1-16(2)15-29-20-10-8-18(9-11-20)24-14-21(26)25-19-6-4-17(5-7-19)22(27)23-12-13-28-3/h4-11,16,24H,12-15H2,1-3H3,(H,23,27)(H,25,26). The Morgan fingerprint density at radius 2 is 1.62 bits per heavy atom. The van der Waals surface area contributed by atoms with Crippen molar-refractivity contribution in [3.8, 4) is 5.75 Å². The lowest BCUT2D eigenvalue weighted by Crippen LogP contribution is -2.27. The first-order valence-electron chi connectivity index (χ1n) is 9.61. The zero-order valence-corrected chi connectivity index (χ0v) is 17.2. The van der Waals surface area contributed by atoms with E-state index in [2.05, 4.69) is 29.8 Å². The summed E-state index contributed by atoms with van der Waals surface area (Å²) in [5.74, 6) is 0.917. The van der Waals surface area contributed by atoms with Crippen LogP contribution in [0.1, 0.15) is 24.2 Å². The molecule has 0 saturated heterocycles. The molecule has 0 aliphatic heterocycles. The normalized spacial score (nSPS) is 10.5. The van der Waals surface area contributed by atoms with Gasteiger partial charge in [-0.1, -0.05) is 13.8 Å². The Morgan fingerprint density at radius 1 is 0.966 bits per heavy atom. The van der Waals surface area contributed by atoms with Gasteiger partial charge in [-0.05, 0) is 54.4 Å².